The van der Waals surface area contributed by atoms with Crippen LogP contribution in [-0.4, -0.2) is 37.0 Å². The lowest BCUT2D eigenvalue weighted by Gasteiger charge is -2.29. The highest BCUT2D eigenvalue weighted by molar-refractivity contribution is 5.90. The second-order valence-corrected chi connectivity index (χ2v) is 5.72. The number of anilines is 1. The molecule has 0 fully saturated rings. The van der Waals surface area contributed by atoms with Crippen molar-refractivity contribution in [1.82, 2.24) is 5.32 Å². The SMILES string of the molecule is COCC(C)(CCO)NC(=O)Nc1cc(-c2ccco2)ccc1F. The number of furan rings is 1. The Kier molecular flexibility index (Phi) is 5.94. The van der Waals surface area contributed by atoms with Crippen molar-refractivity contribution in [3.8, 4) is 11.3 Å². The molecule has 1 atom stereocenters. The summed E-state index contributed by atoms with van der Waals surface area (Å²) in [6, 6.07) is 7.21. The molecule has 0 bridgehead atoms. The predicted octanol–water partition coefficient (Wildman–Crippen LogP) is 2.99. The van der Waals surface area contributed by atoms with Crippen LogP contribution in [0.4, 0.5) is 14.9 Å². The lowest BCUT2D eigenvalue weighted by Crippen LogP contribution is -2.51. The van der Waals surface area contributed by atoms with Gasteiger partial charge in [0.15, 0.2) is 0 Å². The Morgan fingerprint density at radius 2 is 2.21 bits per heavy atom. The topological polar surface area (TPSA) is 83.7 Å². The Morgan fingerprint density at radius 1 is 1.42 bits per heavy atom. The summed E-state index contributed by atoms with van der Waals surface area (Å²) in [6.45, 7) is 1.85. The third-order valence-corrected chi connectivity index (χ3v) is 3.56. The van der Waals surface area contributed by atoms with E-state index in [0.717, 1.165) is 0 Å². The summed E-state index contributed by atoms with van der Waals surface area (Å²) in [7, 11) is 1.50. The normalized spacial score (nSPS) is 13.3. The maximum atomic E-state index is 14.0. The van der Waals surface area contributed by atoms with Gasteiger partial charge in [-0.05, 0) is 43.7 Å². The van der Waals surface area contributed by atoms with Crippen LogP contribution in [0.15, 0.2) is 41.0 Å². The number of aliphatic hydroxyl groups is 1. The molecule has 1 heterocycles. The molecule has 0 spiro atoms. The van der Waals surface area contributed by atoms with Gasteiger partial charge < -0.3 is 24.9 Å². The number of aliphatic hydroxyl groups excluding tert-OH is 1. The van der Waals surface area contributed by atoms with E-state index in [0.29, 0.717) is 17.7 Å². The summed E-state index contributed by atoms with van der Waals surface area (Å²) >= 11 is 0. The van der Waals surface area contributed by atoms with Crippen LogP contribution in [0.1, 0.15) is 13.3 Å². The van der Waals surface area contributed by atoms with Crippen LogP contribution >= 0.6 is 0 Å². The molecule has 0 aliphatic rings. The number of rotatable bonds is 7. The molecule has 2 aromatic rings. The van der Waals surface area contributed by atoms with E-state index in [2.05, 4.69) is 10.6 Å². The number of methoxy groups -OCH3 is 1. The van der Waals surface area contributed by atoms with Gasteiger partial charge in [0.1, 0.15) is 11.6 Å². The minimum Gasteiger partial charge on any atom is -0.464 e. The fourth-order valence-corrected chi connectivity index (χ4v) is 2.38. The Hall–Kier alpha value is -2.38. The first kappa shape index (κ1) is 18.0. The molecule has 7 heteroatoms. The van der Waals surface area contributed by atoms with Crippen molar-refractivity contribution in [2.45, 2.75) is 18.9 Å². The maximum absolute atomic E-state index is 14.0. The van der Waals surface area contributed by atoms with Gasteiger partial charge in [-0.1, -0.05) is 0 Å². The quantitative estimate of drug-likeness (QED) is 0.726. The van der Waals surface area contributed by atoms with E-state index in [1.165, 1.54) is 25.5 Å². The van der Waals surface area contributed by atoms with Gasteiger partial charge in [0, 0.05) is 19.3 Å². The number of hydrogen-bond acceptors (Lipinski definition) is 4. The first-order valence-electron chi connectivity index (χ1n) is 7.50. The molecular formula is C17H21FN2O4. The summed E-state index contributed by atoms with van der Waals surface area (Å²) in [5.74, 6) is 0.0130. The zero-order valence-corrected chi connectivity index (χ0v) is 13.6. The maximum Gasteiger partial charge on any atom is 0.319 e. The Balaban J connectivity index is 2.12. The van der Waals surface area contributed by atoms with Gasteiger partial charge in [0.05, 0.1) is 24.1 Å². The highest BCUT2D eigenvalue weighted by atomic mass is 19.1. The molecule has 0 radical (unpaired) electrons. The van der Waals surface area contributed by atoms with Gasteiger partial charge in [-0.25, -0.2) is 9.18 Å². The Labute approximate surface area is 139 Å². The summed E-state index contributed by atoms with van der Waals surface area (Å²) < 4.78 is 24.3. The van der Waals surface area contributed by atoms with Crippen molar-refractivity contribution in [3.63, 3.8) is 0 Å². The molecule has 24 heavy (non-hydrogen) atoms. The molecule has 2 amide bonds. The minimum atomic E-state index is -0.761. The van der Waals surface area contributed by atoms with E-state index in [1.54, 1.807) is 25.1 Å². The molecule has 130 valence electrons. The van der Waals surface area contributed by atoms with Crippen LogP contribution in [0.25, 0.3) is 11.3 Å². The smallest absolute Gasteiger partial charge is 0.319 e. The van der Waals surface area contributed by atoms with Crippen molar-refractivity contribution in [1.29, 1.82) is 0 Å². The number of ether oxygens (including phenoxy) is 1. The lowest BCUT2D eigenvalue weighted by molar-refractivity contribution is 0.104. The lowest BCUT2D eigenvalue weighted by atomic mass is 10.00. The van der Waals surface area contributed by atoms with Gasteiger partial charge in [-0.3, -0.25) is 0 Å². The highest BCUT2D eigenvalue weighted by Gasteiger charge is 2.26. The summed E-state index contributed by atoms with van der Waals surface area (Å²) in [5.41, 5.74) is -0.0836. The Morgan fingerprint density at radius 3 is 2.83 bits per heavy atom. The van der Waals surface area contributed by atoms with Gasteiger partial charge in [0.25, 0.3) is 0 Å². The molecule has 1 aromatic heterocycles. The minimum absolute atomic E-state index is 0.0326. The molecule has 0 saturated carbocycles. The molecule has 1 aromatic carbocycles. The van der Waals surface area contributed by atoms with Crippen molar-refractivity contribution in [2.75, 3.05) is 25.6 Å². The predicted molar refractivity (Wildman–Crippen MR) is 88.2 cm³/mol. The fourth-order valence-electron chi connectivity index (χ4n) is 2.38. The number of amides is 2. The number of halogens is 1. The van der Waals surface area contributed by atoms with Crippen LogP contribution in [0, 0.1) is 5.82 Å². The average molecular weight is 336 g/mol. The molecule has 6 nitrogen and oxygen atoms in total. The third-order valence-electron chi connectivity index (χ3n) is 3.56. The molecule has 3 N–H and O–H groups in total. The van der Waals surface area contributed by atoms with Crippen molar-refractivity contribution in [2.24, 2.45) is 0 Å². The van der Waals surface area contributed by atoms with Gasteiger partial charge >= 0.3 is 6.03 Å². The van der Waals surface area contributed by atoms with Crippen LogP contribution in [0.3, 0.4) is 0 Å². The third kappa shape index (κ3) is 4.56. The molecule has 1 unspecified atom stereocenters. The van der Waals surface area contributed by atoms with E-state index in [-0.39, 0.29) is 18.9 Å². The highest BCUT2D eigenvalue weighted by Crippen LogP contribution is 2.25. The average Bonchev–Trinajstić information content (AvgIpc) is 3.04. The second-order valence-electron chi connectivity index (χ2n) is 5.72. The van der Waals surface area contributed by atoms with E-state index in [1.807, 2.05) is 0 Å². The standard InChI is InChI=1S/C17H21FN2O4/c1-17(7-8-21,11-23-2)20-16(22)19-14-10-12(5-6-13(14)18)15-4-3-9-24-15/h3-6,9-10,21H,7-8,11H2,1-2H3,(H2,19,20,22). The summed E-state index contributed by atoms with van der Waals surface area (Å²) in [6.07, 6.45) is 1.83. The fraction of sp³-hybridized carbons (Fsp3) is 0.353. The number of carbonyl (C=O) groups is 1. The van der Waals surface area contributed by atoms with Crippen LogP contribution in [0.5, 0.6) is 0 Å². The molecule has 0 aliphatic heterocycles. The monoisotopic (exact) mass is 336 g/mol. The van der Waals surface area contributed by atoms with Gasteiger partial charge in [-0.15, -0.1) is 0 Å². The van der Waals surface area contributed by atoms with Crippen LogP contribution < -0.4 is 10.6 Å². The van der Waals surface area contributed by atoms with Crippen LogP contribution in [0.2, 0.25) is 0 Å². The summed E-state index contributed by atoms with van der Waals surface area (Å²) in [5, 5.41) is 14.3. The van der Waals surface area contributed by atoms with E-state index >= 15 is 0 Å². The van der Waals surface area contributed by atoms with Gasteiger partial charge in [-0.2, -0.15) is 0 Å². The second kappa shape index (κ2) is 7.94. The molecule has 0 saturated heterocycles. The van der Waals surface area contributed by atoms with E-state index < -0.39 is 17.4 Å². The summed E-state index contributed by atoms with van der Waals surface area (Å²) in [4.78, 5) is 12.2. The zero-order chi connectivity index (χ0) is 17.6. The van der Waals surface area contributed by atoms with Crippen molar-refractivity contribution < 1.29 is 23.4 Å². The number of nitrogens with one attached hydrogen (secondary N) is 2. The van der Waals surface area contributed by atoms with Crippen molar-refractivity contribution in [3.05, 3.63) is 42.4 Å². The number of urea groups is 1. The van der Waals surface area contributed by atoms with Gasteiger partial charge in [0.2, 0.25) is 0 Å². The molecule has 2 rings (SSSR count). The number of carbonyl (C=O) groups excluding carboxylic acids is 1. The van der Waals surface area contributed by atoms with Crippen molar-refractivity contribution >= 4 is 11.7 Å². The van der Waals surface area contributed by atoms with Crippen LogP contribution in [-0.2, 0) is 4.74 Å². The Bertz CT molecular complexity index is 667. The number of hydrogen-bond donors (Lipinski definition) is 3. The molecular weight excluding hydrogens is 315 g/mol. The zero-order valence-electron chi connectivity index (χ0n) is 13.6. The molecule has 0 aliphatic carbocycles. The van der Waals surface area contributed by atoms with E-state index in [4.69, 9.17) is 14.3 Å². The largest absolute Gasteiger partial charge is 0.464 e. The number of benzene rings is 1. The first-order valence-corrected chi connectivity index (χ1v) is 7.50. The van der Waals surface area contributed by atoms with E-state index in [9.17, 15) is 9.18 Å². The first-order chi connectivity index (χ1) is 11.5.